The highest BCUT2D eigenvalue weighted by molar-refractivity contribution is 5.74. The van der Waals surface area contributed by atoms with Crippen LogP contribution in [0.2, 0.25) is 0 Å². The maximum Gasteiger partial charge on any atom is 0.169 e. The number of hydrogen-bond acceptors (Lipinski definition) is 0. The van der Waals surface area contributed by atoms with E-state index in [-0.39, 0.29) is 0 Å². The van der Waals surface area contributed by atoms with Crippen molar-refractivity contribution in [3.05, 3.63) is 35.9 Å². The van der Waals surface area contributed by atoms with Gasteiger partial charge in [-0.05, 0) is 12.1 Å². The van der Waals surface area contributed by atoms with Crippen LogP contribution in [0.3, 0.4) is 0 Å². The molecule has 0 aliphatic carbocycles. The molecule has 0 aromatic heterocycles. The topological polar surface area (TPSA) is 14.0 Å². The van der Waals surface area contributed by atoms with Crippen molar-refractivity contribution in [1.29, 1.82) is 0 Å². The zero-order valence-electron chi connectivity index (χ0n) is 7.75. The summed E-state index contributed by atoms with van der Waals surface area (Å²) in [6, 6.07) is 10.3. The maximum atomic E-state index is 3.28. The molecular formula is C11H16N+. The van der Waals surface area contributed by atoms with E-state index in [4.69, 9.17) is 0 Å². The van der Waals surface area contributed by atoms with E-state index in [1.165, 1.54) is 5.56 Å². The Balaban J connectivity index is 2.47. The lowest BCUT2D eigenvalue weighted by molar-refractivity contribution is -0.458. The molecule has 0 aliphatic rings. The summed E-state index contributed by atoms with van der Waals surface area (Å²) < 4.78 is 0. The van der Waals surface area contributed by atoms with Gasteiger partial charge in [-0.3, -0.25) is 0 Å². The summed E-state index contributed by atoms with van der Waals surface area (Å²) in [4.78, 5) is 3.28. The van der Waals surface area contributed by atoms with E-state index in [1.807, 2.05) is 18.2 Å². The minimum atomic E-state index is 0.699. The predicted molar refractivity (Wildman–Crippen MR) is 52.3 cm³/mol. The molecule has 0 atom stereocenters. The molecule has 0 heterocycles. The van der Waals surface area contributed by atoms with Crippen LogP contribution in [0.15, 0.2) is 30.3 Å². The third kappa shape index (κ3) is 3.33. The molecular weight excluding hydrogens is 146 g/mol. The van der Waals surface area contributed by atoms with Gasteiger partial charge in [0.25, 0.3) is 0 Å². The number of benzene rings is 1. The van der Waals surface area contributed by atoms with Crippen molar-refractivity contribution in [2.24, 2.45) is 5.92 Å². The Hall–Kier alpha value is -1.11. The molecule has 1 rings (SSSR count). The van der Waals surface area contributed by atoms with E-state index >= 15 is 0 Å². The second kappa shape index (κ2) is 4.70. The van der Waals surface area contributed by atoms with Crippen LogP contribution in [0, 0.1) is 5.92 Å². The third-order valence-corrected chi connectivity index (χ3v) is 1.59. The van der Waals surface area contributed by atoms with Gasteiger partial charge in [0.2, 0.25) is 0 Å². The molecule has 0 unspecified atom stereocenters. The first-order valence-electron chi connectivity index (χ1n) is 4.40. The van der Waals surface area contributed by atoms with E-state index in [0.29, 0.717) is 5.92 Å². The molecule has 0 saturated carbocycles. The average Bonchev–Trinajstić information content (AvgIpc) is 2.05. The monoisotopic (exact) mass is 162 g/mol. The molecule has 0 fully saturated rings. The zero-order chi connectivity index (χ0) is 8.81. The number of rotatable bonds is 3. The largest absolute Gasteiger partial charge is 0.247 e. The summed E-state index contributed by atoms with van der Waals surface area (Å²) in [5, 5.41) is 0. The highest BCUT2D eigenvalue weighted by atomic mass is 14.7. The Labute approximate surface area is 74.2 Å². The number of hydrogen-bond donors (Lipinski definition) is 1. The quantitative estimate of drug-likeness (QED) is 0.633. The number of nitrogens with one attached hydrogen (secondary N) is 1. The van der Waals surface area contributed by atoms with E-state index in [1.54, 1.807) is 0 Å². The summed E-state index contributed by atoms with van der Waals surface area (Å²) in [5.74, 6) is 0.699. The van der Waals surface area contributed by atoms with Gasteiger partial charge in [0, 0.05) is 11.5 Å². The molecule has 0 bridgehead atoms. The summed E-state index contributed by atoms with van der Waals surface area (Å²) in [5.41, 5.74) is 1.23. The van der Waals surface area contributed by atoms with Crippen LogP contribution in [-0.2, 0) is 0 Å². The van der Waals surface area contributed by atoms with E-state index in [0.717, 1.165) is 6.54 Å². The highest BCUT2D eigenvalue weighted by Gasteiger charge is 1.93. The summed E-state index contributed by atoms with van der Waals surface area (Å²) in [6.45, 7) is 5.44. The Bertz CT molecular complexity index is 236. The molecule has 0 amide bonds. The van der Waals surface area contributed by atoms with Crippen molar-refractivity contribution in [2.45, 2.75) is 13.8 Å². The van der Waals surface area contributed by atoms with Crippen molar-refractivity contribution in [3.8, 4) is 0 Å². The minimum absolute atomic E-state index is 0.699. The highest BCUT2D eigenvalue weighted by Crippen LogP contribution is 1.91. The van der Waals surface area contributed by atoms with Crippen LogP contribution in [0.4, 0.5) is 0 Å². The summed E-state index contributed by atoms with van der Waals surface area (Å²) in [7, 11) is 0. The fourth-order valence-corrected chi connectivity index (χ4v) is 0.962. The van der Waals surface area contributed by atoms with Gasteiger partial charge >= 0.3 is 0 Å². The second-order valence-corrected chi connectivity index (χ2v) is 3.36. The van der Waals surface area contributed by atoms with Crippen molar-refractivity contribution >= 4 is 6.21 Å². The smallest absolute Gasteiger partial charge is 0.169 e. The first-order valence-corrected chi connectivity index (χ1v) is 4.40. The summed E-state index contributed by atoms with van der Waals surface area (Å²) >= 11 is 0. The van der Waals surface area contributed by atoms with Gasteiger partial charge < -0.3 is 0 Å². The molecule has 1 heteroatoms. The van der Waals surface area contributed by atoms with Crippen LogP contribution in [0.25, 0.3) is 0 Å². The van der Waals surface area contributed by atoms with Gasteiger partial charge in [-0.25, -0.2) is 4.99 Å². The molecule has 0 spiro atoms. The van der Waals surface area contributed by atoms with Gasteiger partial charge in [-0.15, -0.1) is 0 Å². The lowest BCUT2D eigenvalue weighted by atomic mass is 10.2. The van der Waals surface area contributed by atoms with Crippen molar-refractivity contribution in [2.75, 3.05) is 6.54 Å². The SMILES string of the molecule is CC(C)C[NH+]=Cc1ccccc1. The van der Waals surface area contributed by atoms with Crippen LogP contribution in [-0.4, -0.2) is 12.8 Å². The molecule has 1 N–H and O–H groups in total. The molecule has 0 aliphatic heterocycles. The molecule has 1 nitrogen and oxygen atoms in total. The third-order valence-electron chi connectivity index (χ3n) is 1.59. The molecule has 64 valence electrons. The lowest BCUT2D eigenvalue weighted by Crippen LogP contribution is -2.70. The van der Waals surface area contributed by atoms with E-state index in [2.05, 4.69) is 37.2 Å². The normalized spacial score (nSPS) is 11.2. The van der Waals surface area contributed by atoms with Crippen LogP contribution in [0.1, 0.15) is 19.4 Å². The average molecular weight is 162 g/mol. The van der Waals surface area contributed by atoms with Crippen LogP contribution in [0.5, 0.6) is 0 Å². The first kappa shape index (κ1) is 8.98. The standard InChI is InChI=1S/C11H15N/c1-10(2)8-12-9-11-6-4-3-5-7-11/h3-7,9-10H,8H2,1-2H3/p+1. The summed E-state index contributed by atoms with van der Waals surface area (Å²) in [6.07, 6.45) is 2.06. The fraction of sp³-hybridized carbons (Fsp3) is 0.364. The van der Waals surface area contributed by atoms with Gasteiger partial charge in [-0.2, -0.15) is 0 Å². The van der Waals surface area contributed by atoms with Crippen molar-refractivity contribution < 1.29 is 4.99 Å². The van der Waals surface area contributed by atoms with E-state index < -0.39 is 0 Å². The van der Waals surface area contributed by atoms with Gasteiger partial charge in [0.05, 0.1) is 0 Å². The van der Waals surface area contributed by atoms with Gasteiger partial charge in [-0.1, -0.05) is 32.0 Å². The van der Waals surface area contributed by atoms with Crippen molar-refractivity contribution in [3.63, 3.8) is 0 Å². The molecule has 12 heavy (non-hydrogen) atoms. The van der Waals surface area contributed by atoms with Crippen molar-refractivity contribution in [1.82, 2.24) is 0 Å². The molecule has 0 radical (unpaired) electrons. The fourth-order valence-electron chi connectivity index (χ4n) is 0.962. The Morgan fingerprint density at radius 1 is 1.25 bits per heavy atom. The molecule has 1 aromatic carbocycles. The Kier molecular flexibility index (Phi) is 3.52. The lowest BCUT2D eigenvalue weighted by Gasteiger charge is -1.91. The Morgan fingerprint density at radius 3 is 2.50 bits per heavy atom. The van der Waals surface area contributed by atoms with Gasteiger partial charge in [0.15, 0.2) is 6.21 Å². The second-order valence-electron chi connectivity index (χ2n) is 3.36. The van der Waals surface area contributed by atoms with Crippen LogP contribution >= 0.6 is 0 Å². The maximum absolute atomic E-state index is 3.28. The zero-order valence-corrected chi connectivity index (χ0v) is 7.75. The Morgan fingerprint density at radius 2 is 1.92 bits per heavy atom. The van der Waals surface area contributed by atoms with Crippen LogP contribution < -0.4 is 4.99 Å². The van der Waals surface area contributed by atoms with E-state index in [9.17, 15) is 0 Å². The molecule has 1 aromatic rings. The first-order chi connectivity index (χ1) is 5.79. The molecule has 0 saturated heterocycles. The predicted octanol–water partition coefficient (Wildman–Crippen LogP) is 0.842. The minimum Gasteiger partial charge on any atom is -0.247 e. The van der Waals surface area contributed by atoms with Gasteiger partial charge in [0.1, 0.15) is 6.54 Å².